The maximum Gasteiger partial charge on any atom is 0.435 e. The highest BCUT2D eigenvalue weighted by atomic mass is 32.1. The number of carbonyl (C=O) groups is 1. The Morgan fingerprint density at radius 1 is 1.38 bits per heavy atom. The molecular formula is C13H13F3N2O2S. The van der Waals surface area contributed by atoms with Crippen molar-refractivity contribution in [2.45, 2.75) is 26.4 Å². The minimum absolute atomic E-state index is 0.0597. The molecule has 0 amide bonds. The molecule has 8 heteroatoms. The van der Waals surface area contributed by atoms with E-state index >= 15 is 0 Å². The van der Waals surface area contributed by atoms with Gasteiger partial charge in [0, 0.05) is 4.88 Å². The van der Waals surface area contributed by atoms with Crippen molar-refractivity contribution in [3.05, 3.63) is 28.8 Å². The summed E-state index contributed by atoms with van der Waals surface area (Å²) in [5.74, 6) is 0. The minimum atomic E-state index is -4.61. The van der Waals surface area contributed by atoms with Crippen LogP contribution in [0.2, 0.25) is 0 Å². The summed E-state index contributed by atoms with van der Waals surface area (Å²) in [6.45, 7) is 3.58. The number of nitrogens with zero attached hydrogens (tertiary/aromatic N) is 2. The third-order valence-electron chi connectivity index (χ3n) is 2.70. The fourth-order valence-electron chi connectivity index (χ4n) is 1.72. The molecule has 0 atom stereocenters. The van der Waals surface area contributed by atoms with Gasteiger partial charge in [0.25, 0.3) is 0 Å². The number of rotatable bonds is 3. The van der Waals surface area contributed by atoms with Crippen molar-refractivity contribution in [1.29, 1.82) is 0 Å². The Bertz CT molecular complexity index is 646. The lowest BCUT2D eigenvalue weighted by molar-refractivity contribution is -0.141. The molecule has 0 bridgehead atoms. The van der Waals surface area contributed by atoms with Crippen molar-refractivity contribution in [2.24, 2.45) is 0 Å². The second kappa shape index (κ2) is 5.88. The summed E-state index contributed by atoms with van der Waals surface area (Å²) in [4.78, 5) is 13.3. The monoisotopic (exact) mass is 318 g/mol. The van der Waals surface area contributed by atoms with Crippen LogP contribution in [-0.4, -0.2) is 22.5 Å². The molecule has 0 fully saturated rings. The Balaban J connectivity index is 2.51. The van der Waals surface area contributed by atoms with Crippen LogP contribution in [0.25, 0.3) is 10.6 Å². The lowest BCUT2D eigenvalue weighted by Gasteiger charge is -2.04. The number of thiophene rings is 1. The number of alkyl halides is 3. The number of hydrogen-bond acceptors (Lipinski definition) is 4. The zero-order valence-corrected chi connectivity index (χ0v) is 12.2. The Morgan fingerprint density at radius 2 is 2.10 bits per heavy atom. The molecule has 0 unspecified atom stereocenters. The summed E-state index contributed by atoms with van der Waals surface area (Å²) >= 11 is 1.32. The van der Waals surface area contributed by atoms with Gasteiger partial charge in [-0.3, -0.25) is 0 Å². The van der Waals surface area contributed by atoms with Gasteiger partial charge in [0.05, 0.1) is 17.2 Å². The van der Waals surface area contributed by atoms with Gasteiger partial charge in [-0.05, 0) is 31.5 Å². The van der Waals surface area contributed by atoms with E-state index in [0.29, 0.717) is 9.56 Å². The Hall–Kier alpha value is -1.83. The van der Waals surface area contributed by atoms with Gasteiger partial charge in [-0.1, -0.05) is 6.92 Å². The van der Waals surface area contributed by atoms with Crippen molar-refractivity contribution in [1.82, 2.24) is 9.78 Å². The molecule has 0 aliphatic carbocycles. The first-order chi connectivity index (χ1) is 9.86. The quantitative estimate of drug-likeness (QED) is 0.852. The van der Waals surface area contributed by atoms with Gasteiger partial charge < -0.3 is 4.74 Å². The Kier molecular flexibility index (Phi) is 4.36. The molecule has 0 saturated carbocycles. The fraction of sp³-hybridized carbons (Fsp3) is 0.385. The van der Waals surface area contributed by atoms with Crippen LogP contribution in [0.3, 0.4) is 0 Å². The van der Waals surface area contributed by atoms with E-state index in [-0.39, 0.29) is 12.3 Å². The van der Waals surface area contributed by atoms with E-state index in [9.17, 15) is 18.0 Å². The summed E-state index contributed by atoms with van der Waals surface area (Å²) in [5, 5.41) is 3.34. The van der Waals surface area contributed by atoms with Crippen LogP contribution >= 0.6 is 11.3 Å². The number of halogens is 3. The number of carbonyl (C=O) groups excluding carboxylic acids is 1. The van der Waals surface area contributed by atoms with Crippen molar-refractivity contribution >= 4 is 17.4 Å². The van der Waals surface area contributed by atoms with Crippen molar-refractivity contribution in [3.8, 4) is 10.6 Å². The normalized spacial score (nSPS) is 11.7. The van der Waals surface area contributed by atoms with Crippen LogP contribution in [0.15, 0.2) is 18.2 Å². The van der Waals surface area contributed by atoms with Gasteiger partial charge >= 0.3 is 12.3 Å². The van der Waals surface area contributed by atoms with Crippen molar-refractivity contribution in [3.63, 3.8) is 0 Å². The average Bonchev–Trinajstić information content (AvgIpc) is 3.04. The number of aromatic nitrogens is 2. The van der Waals surface area contributed by atoms with Crippen LogP contribution in [0.4, 0.5) is 18.0 Å². The molecule has 0 N–H and O–H groups in total. The van der Waals surface area contributed by atoms with Gasteiger partial charge in [-0.25, -0.2) is 4.79 Å². The molecule has 2 aromatic rings. The standard InChI is InChI=1S/C13H13F3N2O2S/c1-3-8-5-6-10(21-8)9-7-11(13(14,15)16)17-18(9)12(19)20-4-2/h5-7H,3-4H2,1-2H3. The van der Waals surface area contributed by atoms with Crippen LogP contribution in [0.1, 0.15) is 24.4 Å². The molecule has 2 heterocycles. The fourth-order valence-corrected chi connectivity index (χ4v) is 2.67. The highest BCUT2D eigenvalue weighted by Gasteiger charge is 2.36. The molecule has 0 spiro atoms. The highest BCUT2D eigenvalue weighted by Crippen LogP contribution is 2.34. The Morgan fingerprint density at radius 3 is 2.62 bits per heavy atom. The molecule has 2 rings (SSSR count). The van der Waals surface area contributed by atoms with E-state index in [1.165, 1.54) is 11.3 Å². The van der Waals surface area contributed by atoms with E-state index in [1.807, 2.05) is 13.0 Å². The molecular weight excluding hydrogens is 305 g/mol. The molecule has 0 aromatic carbocycles. The third-order valence-corrected chi connectivity index (χ3v) is 3.96. The molecule has 114 valence electrons. The highest BCUT2D eigenvalue weighted by molar-refractivity contribution is 7.15. The second-order valence-electron chi connectivity index (χ2n) is 4.14. The SMILES string of the molecule is CCOC(=O)n1nc(C(F)(F)F)cc1-c1ccc(CC)s1. The third kappa shape index (κ3) is 3.26. The summed E-state index contributed by atoms with van der Waals surface area (Å²) in [7, 11) is 0. The smallest absolute Gasteiger partial charge is 0.435 e. The van der Waals surface area contributed by atoms with E-state index in [1.54, 1.807) is 13.0 Å². The second-order valence-corrected chi connectivity index (χ2v) is 5.31. The minimum Gasteiger partial charge on any atom is -0.448 e. The molecule has 0 radical (unpaired) electrons. The maximum absolute atomic E-state index is 12.8. The van der Waals surface area contributed by atoms with E-state index in [0.717, 1.165) is 17.4 Å². The van der Waals surface area contributed by atoms with E-state index < -0.39 is 18.0 Å². The topological polar surface area (TPSA) is 44.1 Å². The molecule has 2 aromatic heterocycles. The van der Waals surface area contributed by atoms with Gasteiger partial charge in [-0.15, -0.1) is 11.3 Å². The molecule has 0 aliphatic rings. The van der Waals surface area contributed by atoms with E-state index in [2.05, 4.69) is 5.10 Å². The number of hydrogen-bond donors (Lipinski definition) is 0. The summed E-state index contributed by atoms with van der Waals surface area (Å²) in [5.41, 5.74) is -1.03. The maximum atomic E-state index is 12.8. The van der Waals surface area contributed by atoms with Crippen molar-refractivity contribution < 1.29 is 22.7 Å². The summed E-state index contributed by atoms with van der Waals surface area (Å²) in [6, 6.07) is 4.36. The predicted molar refractivity (Wildman–Crippen MR) is 72.3 cm³/mol. The van der Waals surface area contributed by atoms with Crippen molar-refractivity contribution in [2.75, 3.05) is 6.61 Å². The first kappa shape index (κ1) is 15.6. The van der Waals surface area contributed by atoms with Gasteiger partial charge in [0.1, 0.15) is 0 Å². The number of ether oxygens (including phenoxy) is 1. The molecule has 21 heavy (non-hydrogen) atoms. The molecule has 0 saturated heterocycles. The van der Waals surface area contributed by atoms with E-state index in [4.69, 9.17) is 4.74 Å². The summed E-state index contributed by atoms with van der Waals surface area (Å²) < 4.78 is 43.8. The average molecular weight is 318 g/mol. The van der Waals surface area contributed by atoms with Crippen LogP contribution < -0.4 is 0 Å². The zero-order chi connectivity index (χ0) is 15.6. The summed E-state index contributed by atoms with van der Waals surface area (Å²) in [6.07, 6.45) is -4.77. The van der Waals surface area contributed by atoms with Gasteiger partial charge in [0.2, 0.25) is 0 Å². The van der Waals surface area contributed by atoms with Crippen LogP contribution in [0.5, 0.6) is 0 Å². The van der Waals surface area contributed by atoms with Gasteiger partial charge in [0.15, 0.2) is 5.69 Å². The predicted octanol–water partition coefficient (Wildman–Crippen LogP) is 4.20. The first-order valence-corrected chi connectivity index (χ1v) is 7.12. The lowest BCUT2D eigenvalue weighted by Crippen LogP contribution is -2.17. The molecule has 4 nitrogen and oxygen atoms in total. The lowest BCUT2D eigenvalue weighted by atomic mass is 10.3. The first-order valence-electron chi connectivity index (χ1n) is 6.30. The van der Waals surface area contributed by atoms with Crippen LogP contribution in [0, 0.1) is 0 Å². The zero-order valence-electron chi connectivity index (χ0n) is 11.4. The largest absolute Gasteiger partial charge is 0.448 e. The molecule has 0 aliphatic heterocycles. The van der Waals surface area contributed by atoms with Gasteiger partial charge in [-0.2, -0.15) is 23.0 Å². The number of aryl methyl sites for hydroxylation is 1. The Labute approximate surface area is 123 Å². The van der Waals surface area contributed by atoms with Crippen LogP contribution in [-0.2, 0) is 17.3 Å².